The molecule has 2 rings (SSSR count). The first kappa shape index (κ1) is 9.75. The number of ether oxygens (including phenoxy) is 1. The van der Waals surface area contributed by atoms with Gasteiger partial charge in [0.25, 0.3) is 0 Å². The Morgan fingerprint density at radius 3 is 2.38 bits per heavy atom. The third-order valence-corrected chi connectivity index (χ3v) is 4.17. The van der Waals surface area contributed by atoms with Crippen LogP contribution in [0.1, 0.15) is 33.6 Å². The highest BCUT2D eigenvalue weighted by Gasteiger charge is 2.58. The second kappa shape index (κ2) is 2.62. The number of fused-ring (bicyclic) bond motifs is 2. The van der Waals surface area contributed by atoms with Crippen LogP contribution in [-0.2, 0) is 4.74 Å². The van der Waals surface area contributed by atoms with Crippen LogP contribution in [0.15, 0.2) is 0 Å². The van der Waals surface area contributed by atoms with E-state index in [9.17, 15) is 5.11 Å². The molecule has 3 heteroatoms. The largest absolute Gasteiger partial charge is 0.391 e. The SMILES string of the molecule is CC1(C)[C@@H]2CC[C@@H](O2)[C@@](C)(Cl)[C@@H]1O. The number of aliphatic hydroxyl groups excluding tert-OH is 1. The first-order chi connectivity index (χ1) is 5.87. The van der Waals surface area contributed by atoms with Gasteiger partial charge >= 0.3 is 0 Å². The van der Waals surface area contributed by atoms with E-state index in [1.807, 2.05) is 20.8 Å². The molecule has 0 amide bonds. The minimum absolute atomic E-state index is 0.0298. The minimum atomic E-state index is -0.615. The van der Waals surface area contributed by atoms with E-state index in [-0.39, 0.29) is 17.6 Å². The van der Waals surface area contributed by atoms with Crippen LogP contribution >= 0.6 is 11.6 Å². The van der Waals surface area contributed by atoms with Crippen molar-refractivity contribution in [1.29, 1.82) is 0 Å². The van der Waals surface area contributed by atoms with E-state index in [0.717, 1.165) is 12.8 Å². The summed E-state index contributed by atoms with van der Waals surface area (Å²) < 4.78 is 5.81. The zero-order chi connectivity index (χ0) is 9.85. The molecule has 76 valence electrons. The van der Waals surface area contributed by atoms with Crippen molar-refractivity contribution in [3.8, 4) is 0 Å². The van der Waals surface area contributed by atoms with E-state index in [1.165, 1.54) is 0 Å². The Morgan fingerprint density at radius 2 is 1.77 bits per heavy atom. The molecule has 2 saturated heterocycles. The Kier molecular flexibility index (Phi) is 1.96. The molecule has 0 saturated carbocycles. The summed E-state index contributed by atoms with van der Waals surface area (Å²) in [6.07, 6.45) is 1.73. The second-order valence-electron chi connectivity index (χ2n) is 5.07. The van der Waals surface area contributed by atoms with Crippen molar-refractivity contribution in [3.63, 3.8) is 0 Å². The second-order valence-corrected chi connectivity index (χ2v) is 5.88. The van der Waals surface area contributed by atoms with Gasteiger partial charge < -0.3 is 9.84 Å². The van der Waals surface area contributed by atoms with Crippen molar-refractivity contribution >= 4 is 11.6 Å². The molecule has 1 N–H and O–H groups in total. The molecule has 0 aromatic carbocycles. The lowest BCUT2D eigenvalue weighted by Gasteiger charge is -2.48. The molecule has 0 aliphatic carbocycles. The maximum atomic E-state index is 10.1. The fraction of sp³-hybridized carbons (Fsp3) is 1.00. The molecule has 2 bridgehead atoms. The van der Waals surface area contributed by atoms with Gasteiger partial charge in [0.2, 0.25) is 0 Å². The predicted molar refractivity (Wildman–Crippen MR) is 51.9 cm³/mol. The molecule has 0 aromatic heterocycles. The molecule has 2 aliphatic rings. The van der Waals surface area contributed by atoms with Crippen LogP contribution in [0.25, 0.3) is 0 Å². The third kappa shape index (κ3) is 1.15. The van der Waals surface area contributed by atoms with Crippen LogP contribution < -0.4 is 0 Å². The average molecular weight is 205 g/mol. The smallest absolute Gasteiger partial charge is 0.0943 e. The topological polar surface area (TPSA) is 29.5 Å². The number of hydrogen-bond acceptors (Lipinski definition) is 2. The van der Waals surface area contributed by atoms with E-state index < -0.39 is 11.0 Å². The zero-order valence-corrected chi connectivity index (χ0v) is 9.14. The number of alkyl halides is 1. The highest BCUT2D eigenvalue weighted by Crippen LogP contribution is 2.51. The lowest BCUT2D eigenvalue weighted by atomic mass is 9.74. The Hall–Kier alpha value is 0.210. The molecule has 0 aromatic rings. The van der Waals surface area contributed by atoms with Crippen molar-refractivity contribution < 1.29 is 9.84 Å². The van der Waals surface area contributed by atoms with Crippen LogP contribution in [0.5, 0.6) is 0 Å². The summed E-state index contributed by atoms with van der Waals surface area (Å²) in [6, 6.07) is 0. The van der Waals surface area contributed by atoms with Crippen LogP contribution in [0.4, 0.5) is 0 Å². The standard InChI is InChI=1S/C10H17ClO2/c1-9(2)6-4-5-7(13-6)10(3,11)8(9)12/h6-8,12H,4-5H2,1-3H3/t6-,7+,8+,10+/m0/s1. The maximum Gasteiger partial charge on any atom is 0.0943 e. The fourth-order valence-corrected chi connectivity index (χ4v) is 3.12. The zero-order valence-electron chi connectivity index (χ0n) is 8.38. The van der Waals surface area contributed by atoms with Gasteiger partial charge in [0.05, 0.1) is 23.2 Å². The quantitative estimate of drug-likeness (QED) is 0.611. The summed E-state index contributed by atoms with van der Waals surface area (Å²) >= 11 is 6.32. The molecule has 2 aliphatic heterocycles. The Bertz CT molecular complexity index is 203. The number of hydrogen-bond donors (Lipinski definition) is 1. The first-order valence-corrected chi connectivity index (χ1v) is 5.27. The summed E-state index contributed by atoms with van der Waals surface area (Å²) in [5.41, 5.74) is -0.219. The normalized spacial score (nSPS) is 53.8. The Balaban J connectivity index is 2.36. The first-order valence-electron chi connectivity index (χ1n) is 4.89. The highest BCUT2D eigenvalue weighted by molar-refractivity contribution is 6.24. The maximum absolute atomic E-state index is 10.1. The van der Waals surface area contributed by atoms with Crippen LogP contribution in [0, 0.1) is 5.41 Å². The third-order valence-electron chi connectivity index (χ3n) is 3.72. The molecule has 0 spiro atoms. The molecule has 4 atom stereocenters. The Labute approximate surface area is 84.2 Å². The molecule has 2 heterocycles. The van der Waals surface area contributed by atoms with Gasteiger partial charge in [-0.3, -0.25) is 0 Å². The van der Waals surface area contributed by atoms with E-state index in [0.29, 0.717) is 0 Å². The van der Waals surface area contributed by atoms with Crippen LogP contribution in [0.3, 0.4) is 0 Å². The van der Waals surface area contributed by atoms with E-state index in [1.54, 1.807) is 0 Å². The van der Waals surface area contributed by atoms with Gasteiger partial charge in [0.15, 0.2) is 0 Å². The summed E-state index contributed by atoms with van der Waals surface area (Å²) in [4.78, 5) is -0.615. The van der Waals surface area contributed by atoms with Crippen molar-refractivity contribution in [2.75, 3.05) is 0 Å². The highest BCUT2D eigenvalue weighted by atomic mass is 35.5. The lowest BCUT2D eigenvalue weighted by molar-refractivity contribution is -0.158. The van der Waals surface area contributed by atoms with Crippen molar-refractivity contribution in [3.05, 3.63) is 0 Å². The fourth-order valence-electron chi connectivity index (χ4n) is 2.68. The molecule has 13 heavy (non-hydrogen) atoms. The van der Waals surface area contributed by atoms with Gasteiger partial charge in [-0.1, -0.05) is 13.8 Å². The predicted octanol–water partition coefficient (Wildman–Crippen LogP) is 1.93. The van der Waals surface area contributed by atoms with Gasteiger partial charge in [-0.2, -0.15) is 0 Å². The summed E-state index contributed by atoms with van der Waals surface area (Å²) in [5, 5.41) is 10.1. The minimum Gasteiger partial charge on any atom is -0.391 e. The Morgan fingerprint density at radius 1 is 1.23 bits per heavy atom. The molecular formula is C10H17ClO2. The molecule has 2 nitrogen and oxygen atoms in total. The van der Waals surface area contributed by atoms with Crippen molar-refractivity contribution in [2.24, 2.45) is 5.41 Å². The number of aliphatic hydroxyl groups is 1. The molecule has 0 radical (unpaired) electrons. The van der Waals surface area contributed by atoms with Gasteiger partial charge in [0, 0.05) is 5.41 Å². The number of rotatable bonds is 0. The van der Waals surface area contributed by atoms with Gasteiger partial charge in [-0.25, -0.2) is 0 Å². The van der Waals surface area contributed by atoms with Crippen molar-refractivity contribution in [1.82, 2.24) is 0 Å². The van der Waals surface area contributed by atoms with Gasteiger partial charge in [-0.05, 0) is 19.8 Å². The van der Waals surface area contributed by atoms with Crippen LogP contribution in [-0.4, -0.2) is 28.3 Å². The molecule has 2 fully saturated rings. The number of halogens is 1. The monoisotopic (exact) mass is 204 g/mol. The van der Waals surface area contributed by atoms with E-state index >= 15 is 0 Å². The van der Waals surface area contributed by atoms with Crippen LogP contribution in [0.2, 0.25) is 0 Å². The lowest BCUT2D eigenvalue weighted by Crippen LogP contribution is -2.59. The van der Waals surface area contributed by atoms with E-state index in [4.69, 9.17) is 16.3 Å². The summed E-state index contributed by atoms with van der Waals surface area (Å²) in [6.45, 7) is 5.95. The van der Waals surface area contributed by atoms with E-state index in [2.05, 4.69) is 0 Å². The molecular weight excluding hydrogens is 188 g/mol. The molecule has 0 unspecified atom stereocenters. The summed E-state index contributed by atoms with van der Waals surface area (Å²) in [7, 11) is 0. The van der Waals surface area contributed by atoms with Gasteiger partial charge in [-0.15, -0.1) is 11.6 Å². The van der Waals surface area contributed by atoms with Gasteiger partial charge in [0.1, 0.15) is 0 Å². The average Bonchev–Trinajstić information content (AvgIpc) is 2.48. The summed E-state index contributed by atoms with van der Waals surface area (Å²) in [5.74, 6) is 0. The van der Waals surface area contributed by atoms with Crippen molar-refractivity contribution in [2.45, 2.75) is 56.8 Å².